The second-order valence-electron chi connectivity index (χ2n) is 3.22. The second-order valence-corrected chi connectivity index (χ2v) is 3.22. The lowest BCUT2D eigenvalue weighted by Crippen LogP contribution is -1.99. The van der Waals surface area contributed by atoms with Gasteiger partial charge in [-0.05, 0) is 25.1 Å². The third-order valence-corrected chi connectivity index (χ3v) is 1.90. The summed E-state index contributed by atoms with van der Waals surface area (Å²) < 4.78 is 4.91. The van der Waals surface area contributed by atoms with Crippen LogP contribution in [0.25, 0.3) is 0 Å². The molecule has 0 saturated carbocycles. The van der Waals surface area contributed by atoms with Crippen molar-refractivity contribution in [2.45, 2.75) is 6.92 Å². The minimum Gasteiger partial charge on any atom is -0.431 e. The predicted octanol–water partition coefficient (Wildman–Crippen LogP) is 3.41. The Morgan fingerprint density at radius 2 is 1.88 bits per heavy atom. The first-order valence-electron chi connectivity index (χ1n) is 4.96. The van der Waals surface area contributed by atoms with Gasteiger partial charge >= 0.3 is 5.97 Å². The maximum Gasteiger partial charge on any atom is 0.342 e. The van der Waals surface area contributed by atoms with E-state index in [9.17, 15) is 4.79 Å². The van der Waals surface area contributed by atoms with Crippen molar-refractivity contribution in [1.82, 2.24) is 0 Å². The van der Waals surface area contributed by atoms with E-state index in [1.807, 2.05) is 19.1 Å². The molecule has 0 aliphatic carbocycles. The highest BCUT2D eigenvalue weighted by Crippen LogP contribution is 2.04. The lowest BCUT2D eigenvalue weighted by Gasteiger charge is -1.99. The van der Waals surface area contributed by atoms with Gasteiger partial charge < -0.3 is 4.74 Å². The maximum absolute atomic E-state index is 11.5. The van der Waals surface area contributed by atoms with E-state index in [1.165, 1.54) is 6.26 Å². The van der Waals surface area contributed by atoms with Crippen LogP contribution in [0.5, 0.6) is 0 Å². The Bertz CT molecular complexity index is 411. The number of rotatable bonds is 4. The molecular weight excluding hydrogens is 200 g/mol. The molecule has 0 atom stereocenters. The van der Waals surface area contributed by atoms with Crippen LogP contribution in [0.1, 0.15) is 15.9 Å². The Morgan fingerprint density at radius 3 is 2.50 bits per heavy atom. The van der Waals surface area contributed by atoms with Gasteiger partial charge in [0.2, 0.25) is 0 Å². The summed E-state index contributed by atoms with van der Waals surface area (Å²) in [4.78, 5) is 11.5. The molecule has 0 radical (unpaired) electrons. The van der Waals surface area contributed by atoms with Gasteiger partial charge in [-0.2, -0.15) is 0 Å². The van der Waals surface area contributed by atoms with Crippen molar-refractivity contribution in [3.8, 4) is 0 Å². The van der Waals surface area contributed by atoms with E-state index < -0.39 is 0 Å². The molecule has 0 bridgehead atoms. The Labute approximate surface area is 95.6 Å². The number of ether oxygens (including phenoxy) is 1. The van der Waals surface area contributed by atoms with Gasteiger partial charge in [0.25, 0.3) is 0 Å². The molecule has 82 valence electrons. The minimum atomic E-state index is -0.358. The number of esters is 1. The third-order valence-electron chi connectivity index (χ3n) is 1.90. The van der Waals surface area contributed by atoms with Crippen LogP contribution in [-0.2, 0) is 4.74 Å². The fraction of sp³-hybridized carbons (Fsp3) is 0.0714. The van der Waals surface area contributed by atoms with E-state index in [4.69, 9.17) is 4.74 Å². The van der Waals surface area contributed by atoms with E-state index in [2.05, 4.69) is 6.58 Å². The quantitative estimate of drug-likeness (QED) is 0.436. The van der Waals surface area contributed by atoms with Gasteiger partial charge in [-0.3, -0.25) is 0 Å². The summed E-state index contributed by atoms with van der Waals surface area (Å²) in [6.07, 6.45) is 8.10. The predicted molar refractivity (Wildman–Crippen MR) is 65.1 cm³/mol. The van der Waals surface area contributed by atoms with Crippen LogP contribution in [-0.4, -0.2) is 5.97 Å². The van der Waals surface area contributed by atoms with E-state index >= 15 is 0 Å². The smallest absolute Gasteiger partial charge is 0.342 e. The molecule has 1 aromatic carbocycles. The fourth-order valence-corrected chi connectivity index (χ4v) is 1.05. The van der Waals surface area contributed by atoms with Crippen molar-refractivity contribution < 1.29 is 9.53 Å². The molecule has 0 fully saturated rings. The lowest BCUT2D eigenvalue weighted by molar-refractivity contribution is 0.0663. The van der Waals surface area contributed by atoms with Crippen molar-refractivity contribution in [3.63, 3.8) is 0 Å². The number of benzene rings is 1. The van der Waals surface area contributed by atoms with Crippen molar-refractivity contribution in [2.24, 2.45) is 0 Å². The molecule has 2 nitrogen and oxygen atoms in total. The molecular formula is C14H14O2. The molecule has 0 aliphatic heterocycles. The SMILES string of the molecule is C=C/C=C\C=C\OC(=O)c1ccc(C)cc1. The zero-order valence-corrected chi connectivity index (χ0v) is 9.22. The van der Waals surface area contributed by atoms with Crippen LogP contribution in [0, 0.1) is 6.92 Å². The molecule has 0 aliphatic rings. The number of hydrogen-bond donors (Lipinski definition) is 0. The summed E-state index contributed by atoms with van der Waals surface area (Å²) in [5.74, 6) is -0.358. The molecule has 0 amide bonds. The average molecular weight is 214 g/mol. The maximum atomic E-state index is 11.5. The molecule has 0 unspecified atom stereocenters. The highest BCUT2D eigenvalue weighted by atomic mass is 16.5. The van der Waals surface area contributed by atoms with Crippen LogP contribution in [0.2, 0.25) is 0 Å². The van der Waals surface area contributed by atoms with E-state index in [1.54, 1.807) is 36.4 Å². The highest BCUT2D eigenvalue weighted by molar-refractivity contribution is 5.89. The Hall–Kier alpha value is -2.09. The molecule has 0 aromatic heterocycles. The van der Waals surface area contributed by atoms with Gasteiger partial charge in [0.05, 0.1) is 11.8 Å². The molecule has 1 aromatic rings. The zero-order chi connectivity index (χ0) is 11.8. The average Bonchev–Trinajstić information content (AvgIpc) is 2.29. The monoisotopic (exact) mass is 214 g/mol. The van der Waals surface area contributed by atoms with Crippen molar-refractivity contribution in [3.05, 3.63) is 72.5 Å². The first-order chi connectivity index (χ1) is 7.74. The largest absolute Gasteiger partial charge is 0.431 e. The Morgan fingerprint density at radius 1 is 1.19 bits per heavy atom. The normalized spacial score (nSPS) is 10.8. The molecule has 0 heterocycles. The van der Waals surface area contributed by atoms with Crippen LogP contribution < -0.4 is 0 Å². The molecule has 0 spiro atoms. The van der Waals surface area contributed by atoms with Crippen LogP contribution in [0.15, 0.2) is 61.4 Å². The number of hydrogen-bond acceptors (Lipinski definition) is 2. The topological polar surface area (TPSA) is 26.3 Å². The Balaban J connectivity index is 2.53. The summed E-state index contributed by atoms with van der Waals surface area (Å²) >= 11 is 0. The van der Waals surface area contributed by atoms with Crippen molar-refractivity contribution in [1.29, 1.82) is 0 Å². The number of carbonyl (C=O) groups is 1. The molecule has 0 saturated heterocycles. The second kappa shape index (κ2) is 6.40. The number of aryl methyl sites for hydroxylation is 1. The van der Waals surface area contributed by atoms with Crippen LogP contribution in [0.3, 0.4) is 0 Å². The molecule has 16 heavy (non-hydrogen) atoms. The lowest BCUT2D eigenvalue weighted by atomic mass is 10.1. The molecule has 1 rings (SSSR count). The van der Waals surface area contributed by atoms with Gasteiger partial charge in [0.1, 0.15) is 0 Å². The van der Waals surface area contributed by atoms with Crippen molar-refractivity contribution in [2.75, 3.05) is 0 Å². The van der Waals surface area contributed by atoms with Gasteiger partial charge in [-0.25, -0.2) is 4.79 Å². The van der Waals surface area contributed by atoms with E-state index in [-0.39, 0.29) is 5.97 Å². The van der Waals surface area contributed by atoms with Gasteiger partial charge in [-0.15, -0.1) is 0 Å². The van der Waals surface area contributed by atoms with Gasteiger partial charge in [0.15, 0.2) is 0 Å². The zero-order valence-electron chi connectivity index (χ0n) is 9.22. The fourth-order valence-electron chi connectivity index (χ4n) is 1.05. The molecule has 2 heteroatoms. The first-order valence-corrected chi connectivity index (χ1v) is 4.96. The summed E-state index contributed by atoms with van der Waals surface area (Å²) in [5, 5.41) is 0. The molecule has 0 N–H and O–H groups in total. The van der Waals surface area contributed by atoms with Crippen LogP contribution >= 0.6 is 0 Å². The summed E-state index contributed by atoms with van der Waals surface area (Å²) in [6, 6.07) is 7.23. The van der Waals surface area contributed by atoms with Gasteiger partial charge in [0, 0.05) is 0 Å². The minimum absolute atomic E-state index is 0.358. The highest BCUT2D eigenvalue weighted by Gasteiger charge is 2.03. The van der Waals surface area contributed by atoms with E-state index in [0.29, 0.717) is 5.56 Å². The van der Waals surface area contributed by atoms with Gasteiger partial charge in [-0.1, -0.05) is 42.5 Å². The standard InChI is InChI=1S/C14H14O2/c1-3-4-5-6-11-16-14(15)13-9-7-12(2)8-10-13/h3-11H,1H2,2H3/b5-4-,11-6+. The first kappa shape index (κ1) is 12.0. The summed E-state index contributed by atoms with van der Waals surface area (Å²) in [7, 11) is 0. The Kier molecular flexibility index (Phi) is 4.80. The summed E-state index contributed by atoms with van der Waals surface area (Å²) in [6.45, 7) is 5.49. The van der Waals surface area contributed by atoms with Crippen LogP contribution in [0.4, 0.5) is 0 Å². The number of carbonyl (C=O) groups excluding carboxylic acids is 1. The third kappa shape index (κ3) is 3.96. The van der Waals surface area contributed by atoms with Crippen molar-refractivity contribution >= 4 is 5.97 Å². The van der Waals surface area contributed by atoms with E-state index in [0.717, 1.165) is 5.56 Å². The summed E-state index contributed by atoms with van der Waals surface area (Å²) in [5.41, 5.74) is 1.66. The number of allylic oxidation sites excluding steroid dienone is 4.